The molecule has 1 atom stereocenters. The maximum absolute atomic E-state index is 13.7. The highest BCUT2D eigenvalue weighted by molar-refractivity contribution is 5.94. The van der Waals surface area contributed by atoms with E-state index in [2.05, 4.69) is 0 Å². The molecular weight excluding hydrogens is 233 g/mol. The Bertz CT molecular complexity index is 441. The number of likely N-dealkylation sites (N-methyl/N-ethyl adjacent to an activating group) is 1. The monoisotopic (exact) mass is 251 g/mol. The van der Waals surface area contributed by atoms with Crippen molar-refractivity contribution in [3.63, 3.8) is 0 Å². The summed E-state index contributed by atoms with van der Waals surface area (Å²) in [7, 11) is 1.68. The molecule has 0 N–H and O–H groups in total. The third-order valence-corrected chi connectivity index (χ3v) is 3.20. The van der Waals surface area contributed by atoms with Crippen molar-refractivity contribution >= 4 is 5.91 Å². The van der Waals surface area contributed by atoms with E-state index >= 15 is 0 Å². The van der Waals surface area contributed by atoms with Crippen LogP contribution in [0.3, 0.4) is 0 Å². The molecule has 0 spiro atoms. The number of ether oxygens (including phenoxy) is 1. The SMILES string of the molecule is Cc1ccc(C(=O)N(C)CC2CCCO2)c(F)c1. The highest BCUT2D eigenvalue weighted by Gasteiger charge is 2.22. The fourth-order valence-corrected chi connectivity index (χ4v) is 2.18. The Hall–Kier alpha value is -1.42. The van der Waals surface area contributed by atoms with E-state index < -0.39 is 5.82 Å². The Morgan fingerprint density at radius 1 is 1.56 bits per heavy atom. The van der Waals surface area contributed by atoms with Crippen LogP contribution in [0.1, 0.15) is 28.8 Å². The minimum Gasteiger partial charge on any atom is -0.376 e. The zero-order valence-corrected chi connectivity index (χ0v) is 10.8. The molecule has 1 aliphatic heterocycles. The van der Waals surface area contributed by atoms with Crippen molar-refractivity contribution in [2.45, 2.75) is 25.9 Å². The lowest BCUT2D eigenvalue weighted by molar-refractivity contribution is 0.0583. The average Bonchev–Trinajstić information content (AvgIpc) is 2.81. The number of hydrogen-bond donors (Lipinski definition) is 0. The van der Waals surface area contributed by atoms with Crippen LogP contribution in [0, 0.1) is 12.7 Å². The van der Waals surface area contributed by atoms with Gasteiger partial charge in [-0.05, 0) is 37.5 Å². The van der Waals surface area contributed by atoms with E-state index in [1.54, 1.807) is 26.1 Å². The van der Waals surface area contributed by atoms with E-state index in [1.165, 1.54) is 11.0 Å². The van der Waals surface area contributed by atoms with Gasteiger partial charge in [-0.1, -0.05) is 6.07 Å². The first-order valence-corrected chi connectivity index (χ1v) is 6.21. The molecule has 98 valence electrons. The number of hydrogen-bond acceptors (Lipinski definition) is 2. The van der Waals surface area contributed by atoms with Crippen LogP contribution < -0.4 is 0 Å². The van der Waals surface area contributed by atoms with E-state index in [9.17, 15) is 9.18 Å². The van der Waals surface area contributed by atoms with Gasteiger partial charge in [-0.2, -0.15) is 0 Å². The normalized spacial score (nSPS) is 18.9. The van der Waals surface area contributed by atoms with Gasteiger partial charge in [0.05, 0.1) is 11.7 Å². The Labute approximate surface area is 107 Å². The Balaban J connectivity index is 2.05. The number of aryl methyl sites for hydroxylation is 1. The molecule has 0 saturated carbocycles. The largest absolute Gasteiger partial charge is 0.376 e. The van der Waals surface area contributed by atoms with Crippen LogP contribution in [0.5, 0.6) is 0 Å². The van der Waals surface area contributed by atoms with Crippen LogP contribution in [0.2, 0.25) is 0 Å². The van der Waals surface area contributed by atoms with E-state index in [0.29, 0.717) is 6.54 Å². The van der Waals surface area contributed by atoms with E-state index in [1.807, 2.05) is 0 Å². The molecule has 0 aliphatic carbocycles. The van der Waals surface area contributed by atoms with Crippen molar-refractivity contribution in [2.24, 2.45) is 0 Å². The molecular formula is C14H18FNO2. The van der Waals surface area contributed by atoms with Crippen molar-refractivity contribution in [2.75, 3.05) is 20.2 Å². The van der Waals surface area contributed by atoms with Crippen molar-refractivity contribution in [3.05, 3.63) is 35.1 Å². The number of carbonyl (C=O) groups excluding carboxylic acids is 1. The van der Waals surface area contributed by atoms with Gasteiger partial charge < -0.3 is 9.64 Å². The summed E-state index contributed by atoms with van der Waals surface area (Å²) in [5.41, 5.74) is 0.937. The number of nitrogens with zero attached hydrogens (tertiary/aromatic N) is 1. The number of amides is 1. The summed E-state index contributed by atoms with van der Waals surface area (Å²) < 4.78 is 19.2. The van der Waals surface area contributed by atoms with Crippen molar-refractivity contribution in [1.29, 1.82) is 0 Å². The number of rotatable bonds is 3. The molecule has 3 nitrogen and oxygen atoms in total. The predicted octanol–water partition coefficient (Wildman–Crippen LogP) is 2.39. The summed E-state index contributed by atoms with van der Waals surface area (Å²) >= 11 is 0. The van der Waals surface area contributed by atoms with Crippen molar-refractivity contribution in [3.8, 4) is 0 Å². The Morgan fingerprint density at radius 3 is 2.94 bits per heavy atom. The molecule has 18 heavy (non-hydrogen) atoms. The van der Waals surface area contributed by atoms with Gasteiger partial charge in [0, 0.05) is 20.2 Å². The molecule has 2 rings (SSSR count). The molecule has 4 heteroatoms. The average molecular weight is 251 g/mol. The standard InChI is InChI=1S/C14H18FNO2/c1-10-5-6-12(13(15)8-10)14(17)16(2)9-11-4-3-7-18-11/h5-6,8,11H,3-4,7,9H2,1-2H3. The molecule has 1 amide bonds. The van der Waals surface area contributed by atoms with Gasteiger partial charge in [0.2, 0.25) is 0 Å². The van der Waals surface area contributed by atoms with Gasteiger partial charge >= 0.3 is 0 Å². The first-order valence-electron chi connectivity index (χ1n) is 6.21. The fourth-order valence-electron chi connectivity index (χ4n) is 2.18. The number of benzene rings is 1. The molecule has 0 bridgehead atoms. The molecule has 0 aromatic heterocycles. The van der Waals surface area contributed by atoms with Crippen molar-refractivity contribution < 1.29 is 13.9 Å². The highest BCUT2D eigenvalue weighted by Crippen LogP contribution is 2.16. The quantitative estimate of drug-likeness (QED) is 0.825. The molecule has 1 aromatic carbocycles. The molecule has 1 saturated heterocycles. The molecule has 0 radical (unpaired) electrons. The number of halogens is 1. The van der Waals surface area contributed by atoms with Crippen LogP contribution >= 0.6 is 0 Å². The summed E-state index contributed by atoms with van der Waals surface area (Å²) in [5, 5.41) is 0. The van der Waals surface area contributed by atoms with E-state index in [-0.39, 0.29) is 17.6 Å². The van der Waals surface area contributed by atoms with Gasteiger partial charge in [0.15, 0.2) is 0 Å². The summed E-state index contributed by atoms with van der Waals surface area (Å²) in [6, 6.07) is 4.67. The molecule has 1 aromatic rings. The van der Waals surface area contributed by atoms with Crippen LogP contribution in [0.15, 0.2) is 18.2 Å². The lowest BCUT2D eigenvalue weighted by Crippen LogP contribution is -2.34. The minimum absolute atomic E-state index is 0.0902. The summed E-state index contributed by atoms with van der Waals surface area (Å²) in [4.78, 5) is 13.6. The first kappa shape index (κ1) is 13.0. The second-order valence-electron chi connectivity index (χ2n) is 4.80. The number of carbonyl (C=O) groups is 1. The lowest BCUT2D eigenvalue weighted by atomic mass is 10.1. The zero-order chi connectivity index (χ0) is 13.1. The topological polar surface area (TPSA) is 29.5 Å². The van der Waals surface area contributed by atoms with Gasteiger partial charge in [0.25, 0.3) is 5.91 Å². The van der Waals surface area contributed by atoms with Gasteiger partial charge in [0.1, 0.15) is 5.82 Å². The van der Waals surface area contributed by atoms with E-state index in [0.717, 1.165) is 25.0 Å². The summed E-state index contributed by atoms with van der Waals surface area (Å²) in [6.07, 6.45) is 2.09. The molecule has 1 unspecified atom stereocenters. The minimum atomic E-state index is -0.459. The maximum Gasteiger partial charge on any atom is 0.256 e. The zero-order valence-electron chi connectivity index (χ0n) is 10.8. The third-order valence-electron chi connectivity index (χ3n) is 3.20. The van der Waals surface area contributed by atoms with E-state index in [4.69, 9.17) is 4.74 Å². The Kier molecular flexibility index (Phi) is 3.97. The summed E-state index contributed by atoms with van der Waals surface area (Å²) in [6.45, 7) is 3.07. The second kappa shape index (κ2) is 5.48. The maximum atomic E-state index is 13.7. The van der Waals surface area contributed by atoms with Crippen molar-refractivity contribution in [1.82, 2.24) is 4.90 Å². The van der Waals surface area contributed by atoms with Crippen LogP contribution in [-0.4, -0.2) is 37.1 Å². The lowest BCUT2D eigenvalue weighted by Gasteiger charge is -2.21. The molecule has 1 fully saturated rings. The van der Waals surface area contributed by atoms with Gasteiger partial charge in [-0.15, -0.1) is 0 Å². The van der Waals surface area contributed by atoms with Gasteiger partial charge in [-0.25, -0.2) is 4.39 Å². The molecule has 1 heterocycles. The second-order valence-corrected chi connectivity index (χ2v) is 4.80. The summed E-state index contributed by atoms with van der Waals surface area (Å²) in [5.74, 6) is -0.748. The van der Waals surface area contributed by atoms with Gasteiger partial charge in [-0.3, -0.25) is 4.79 Å². The fraction of sp³-hybridized carbons (Fsp3) is 0.500. The first-order chi connectivity index (χ1) is 8.58. The molecule has 1 aliphatic rings. The third kappa shape index (κ3) is 2.88. The van der Waals surface area contributed by atoms with Crippen LogP contribution in [0.25, 0.3) is 0 Å². The Morgan fingerprint density at radius 2 is 2.33 bits per heavy atom. The highest BCUT2D eigenvalue weighted by atomic mass is 19.1. The van der Waals surface area contributed by atoms with Crippen LogP contribution in [-0.2, 0) is 4.74 Å². The van der Waals surface area contributed by atoms with Crippen LogP contribution in [0.4, 0.5) is 4.39 Å². The smallest absolute Gasteiger partial charge is 0.256 e. The predicted molar refractivity (Wildman–Crippen MR) is 67.1 cm³/mol.